The van der Waals surface area contributed by atoms with Gasteiger partial charge in [0.25, 0.3) is 15.9 Å². The summed E-state index contributed by atoms with van der Waals surface area (Å²) < 4.78 is 33.0. The smallest absolute Gasteiger partial charge is 0.271 e. The van der Waals surface area contributed by atoms with Crippen molar-refractivity contribution in [3.63, 3.8) is 0 Å². The Morgan fingerprint density at radius 2 is 1.69 bits per heavy atom. The number of fused-ring (bicyclic) bond motifs is 1. The number of hydrogen-bond donors (Lipinski definition) is 3. The van der Waals surface area contributed by atoms with E-state index in [0.717, 1.165) is 10.8 Å². The Balaban J connectivity index is 1.41. The number of amides is 1. The molecule has 4 aromatic rings. The highest BCUT2D eigenvalue weighted by atomic mass is 32.2. The van der Waals surface area contributed by atoms with Gasteiger partial charge in [-0.3, -0.25) is 9.52 Å². The molecular weight excluding hydrogens is 466 g/mol. The average Bonchev–Trinajstić information content (AvgIpc) is 2.86. The van der Waals surface area contributed by atoms with Gasteiger partial charge >= 0.3 is 0 Å². The number of nitrogens with zero attached hydrogens (tertiary/aromatic N) is 1. The summed E-state index contributed by atoms with van der Waals surface area (Å²) in [6, 6.07) is 22.9. The Kier molecular flexibility index (Phi) is 6.98. The van der Waals surface area contributed by atoms with Gasteiger partial charge in [-0.15, -0.1) is 0 Å². The molecule has 0 aromatic heterocycles. The van der Waals surface area contributed by atoms with Gasteiger partial charge in [-0.2, -0.15) is 5.10 Å². The fourth-order valence-corrected chi connectivity index (χ4v) is 4.48. The van der Waals surface area contributed by atoms with Crippen LogP contribution in [0.25, 0.3) is 10.8 Å². The molecule has 0 saturated heterocycles. The van der Waals surface area contributed by atoms with E-state index in [1.165, 1.54) is 42.6 Å². The van der Waals surface area contributed by atoms with E-state index in [1.807, 2.05) is 31.2 Å². The van der Waals surface area contributed by atoms with E-state index in [4.69, 9.17) is 4.74 Å². The van der Waals surface area contributed by atoms with Crippen molar-refractivity contribution in [2.24, 2.45) is 5.10 Å². The molecule has 3 N–H and O–H groups in total. The maximum atomic E-state index is 12.6. The Morgan fingerprint density at radius 3 is 2.40 bits per heavy atom. The number of phenols is 1. The first-order chi connectivity index (χ1) is 16.9. The van der Waals surface area contributed by atoms with Crippen LogP contribution in [0.15, 0.2) is 94.9 Å². The lowest BCUT2D eigenvalue weighted by Crippen LogP contribution is -2.18. The number of rotatable bonds is 8. The van der Waals surface area contributed by atoms with Crippen molar-refractivity contribution in [2.75, 3.05) is 11.3 Å². The summed E-state index contributed by atoms with van der Waals surface area (Å²) in [4.78, 5) is 12.5. The lowest BCUT2D eigenvalue weighted by atomic mass is 10.0. The number of ether oxygens (including phenoxy) is 1. The Bertz CT molecular complexity index is 1480. The Hall–Kier alpha value is -4.37. The number of hydrazone groups is 1. The largest absolute Gasteiger partial charge is 0.507 e. The Labute approximate surface area is 202 Å². The van der Waals surface area contributed by atoms with E-state index in [-0.39, 0.29) is 16.2 Å². The Morgan fingerprint density at radius 1 is 0.971 bits per heavy atom. The molecule has 0 aliphatic rings. The highest BCUT2D eigenvalue weighted by Gasteiger charge is 2.15. The van der Waals surface area contributed by atoms with E-state index in [0.29, 0.717) is 23.6 Å². The minimum Gasteiger partial charge on any atom is -0.507 e. The zero-order valence-corrected chi connectivity index (χ0v) is 19.6. The van der Waals surface area contributed by atoms with Crippen LogP contribution >= 0.6 is 0 Å². The fraction of sp³-hybridized carbons (Fsp3) is 0.0769. The highest BCUT2D eigenvalue weighted by Crippen LogP contribution is 2.25. The van der Waals surface area contributed by atoms with Crippen LogP contribution in [0.1, 0.15) is 22.8 Å². The summed E-state index contributed by atoms with van der Waals surface area (Å²) in [5, 5.41) is 15.9. The number of hydrogen-bond acceptors (Lipinski definition) is 6. The van der Waals surface area contributed by atoms with Gasteiger partial charge in [0.05, 0.1) is 17.7 Å². The molecule has 4 rings (SSSR count). The minimum absolute atomic E-state index is 0.0471. The van der Waals surface area contributed by atoms with Crippen molar-refractivity contribution in [3.05, 3.63) is 96.1 Å². The van der Waals surface area contributed by atoms with Crippen molar-refractivity contribution in [3.8, 4) is 11.5 Å². The molecule has 0 aliphatic carbocycles. The van der Waals surface area contributed by atoms with Crippen LogP contribution in [0.2, 0.25) is 0 Å². The number of sulfonamides is 1. The predicted octanol–water partition coefficient (Wildman–Crippen LogP) is 4.51. The quantitative estimate of drug-likeness (QED) is 0.249. The molecule has 8 nitrogen and oxygen atoms in total. The molecule has 178 valence electrons. The predicted molar refractivity (Wildman–Crippen MR) is 136 cm³/mol. The standard InChI is InChI=1S/C26H23N3O5S/c1-2-34-21-12-14-22(15-13-21)35(32,33)29-20-10-7-19(8-11-20)26(31)28-27-17-24-23-6-4-3-5-18(23)9-16-25(24)30/h3-17,29-30H,2H2,1H3,(H,28,31)/b27-17+. The number of aromatic hydroxyl groups is 1. The van der Waals surface area contributed by atoms with E-state index < -0.39 is 15.9 Å². The number of phenolic OH excluding ortho intramolecular Hbond substituents is 1. The van der Waals surface area contributed by atoms with Gasteiger partial charge in [0.15, 0.2) is 0 Å². The first kappa shape index (κ1) is 23.8. The first-order valence-electron chi connectivity index (χ1n) is 10.8. The summed E-state index contributed by atoms with van der Waals surface area (Å²) in [7, 11) is -3.80. The molecule has 0 atom stereocenters. The molecule has 0 fully saturated rings. The molecule has 0 bridgehead atoms. The first-order valence-corrected chi connectivity index (χ1v) is 12.3. The van der Waals surface area contributed by atoms with Crippen molar-refractivity contribution >= 4 is 38.6 Å². The van der Waals surface area contributed by atoms with Crippen molar-refractivity contribution in [1.82, 2.24) is 5.43 Å². The molecule has 0 aliphatic heterocycles. The van der Waals surface area contributed by atoms with Crippen LogP contribution in [0.3, 0.4) is 0 Å². The van der Waals surface area contributed by atoms with E-state index in [9.17, 15) is 18.3 Å². The van der Waals surface area contributed by atoms with E-state index in [2.05, 4.69) is 15.2 Å². The summed E-state index contributed by atoms with van der Waals surface area (Å²) in [5.41, 5.74) is 3.50. The maximum Gasteiger partial charge on any atom is 0.271 e. The molecule has 1 amide bonds. The second-order valence-corrected chi connectivity index (χ2v) is 9.19. The highest BCUT2D eigenvalue weighted by molar-refractivity contribution is 7.92. The molecule has 0 saturated carbocycles. The van der Waals surface area contributed by atoms with Gasteiger partial charge in [-0.05, 0) is 72.3 Å². The topological polar surface area (TPSA) is 117 Å². The number of nitrogens with one attached hydrogen (secondary N) is 2. The minimum atomic E-state index is -3.80. The van der Waals surface area contributed by atoms with Gasteiger partial charge in [-0.25, -0.2) is 13.8 Å². The summed E-state index contributed by atoms with van der Waals surface area (Å²) in [6.45, 7) is 2.33. The fourth-order valence-electron chi connectivity index (χ4n) is 3.43. The molecular formula is C26H23N3O5S. The van der Waals surface area contributed by atoms with Gasteiger partial charge < -0.3 is 9.84 Å². The zero-order valence-electron chi connectivity index (χ0n) is 18.8. The number of carbonyl (C=O) groups is 1. The monoisotopic (exact) mass is 489 g/mol. The third kappa shape index (κ3) is 5.59. The van der Waals surface area contributed by atoms with Gasteiger partial charge in [0.2, 0.25) is 0 Å². The molecule has 9 heteroatoms. The molecule has 0 heterocycles. The van der Waals surface area contributed by atoms with Gasteiger partial charge in [-0.1, -0.05) is 30.3 Å². The molecule has 0 radical (unpaired) electrons. The van der Waals surface area contributed by atoms with Crippen LogP contribution in [0, 0.1) is 0 Å². The van der Waals surface area contributed by atoms with Gasteiger partial charge in [0, 0.05) is 16.8 Å². The van der Waals surface area contributed by atoms with E-state index in [1.54, 1.807) is 24.3 Å². The summed E-state index contributed by atoms with van der Waals surface area (Å²) in [6.07, 6.45) is 1.38. The lowest BCUT2D eigenvalue weighted by Gasteiger charge is -2.10. The normalized spacial score (nSPS) is 11.5. The van der Waals surface area contributed by atoms with Crippen LogP contribution in [-0.4, -0.2) is 32.3 Å². The molecule has 0 unspecified atom stereocenters. The van der Waals surface area contributed by atoms with Crippen molar-refractivity contribution in [2.45, 2.75) is 11.8 Å². The van der Waals surface area contributed by atoms with Crippen LogP contribution < -0.4 is 14.9 Å². The third-order valence-electron chi connectivity index (χ3n) is 5.15. The molecule has 4 aromatic carbocycles. The van der Waals surface area contributed by atoms with Crippen LogP contribution in [0.5, 0.6) is 11.5 Å². The third-order valence-corrected chi connectivity index (χ3v) is 6.55. The van der Waals surface area contributed by atoms with Crippen molar-refractivity contribution < 1.29 is 23.1 Å². The summed E-state index contributed by atoms with van der Waals surface area (Å²) >= 11 is 0. The number of carbonyl (C=O) groups excluding carboxylic acids is 1. The second kappa shape index (κ2) is 10.3. The van der Waals surface area contributed by atoms with Crippen LogP contribution in [0.4, 0.5) is 5.69 Å². The number of benzene rings is 4. The number of anilines is 1. The zero-order chi connectivity index (χ0) is 24.8. The van der Waals surface area contributed by atoms with Gasteiger partial charge in [0.1, 0.15) is 11.5 Å². The van der Waals surface area contributed by atoms with Crippen LogP contribution in [-0.2, 0) is 10.0 Å². The summed E-state index contributed by atoms with van der Waals surface area (Å²) in [5.74, 6) is 0.146. The lowest BCUT2D eigenvalue weighted by molar-refractivity contribution is 0.0955. The van der Waals surface area contributed by atoms with E-state index >= 15 is 0 Å². The molecule has 0 spiro atoms. The molecule has 35 heavy (non-hydrogen) atoms. The van der Waals surface area contributed by atoms with Crippen molar-refractivity contribution in [1.29, 1.82) is 0 Å². The average molecular weight is 490 g/mol. The SMILES string of the molecule is CCOc1ccc(S(=O)(=O)Nc2ccc(C(=O)N/N=C/c3c(O)ccc4ccccc34)cc2)cc1. The second-order valence-electron chi connectivity index (χ2n) is 7.51. The maximum absolute atomic E-state index is 12.6.